The second-order valence-electron chi connectivity index (χ2n) is 3.10. The van der Waals surface area contributed by atoms with E-state index in [0.29, 0.717) is 0 Å². The minimum atomic E-state index is -0.0420. The first-order chi connectivity index (χ1) is 6.86. The van der Waals surface area contributed by atoms with Gasteiger partial charge in [0.2, 0.25) is 0 Å². The Balaban J connectivity index is 1.87. The van der Waals surface area contributed by atoms with Gasteiger partial charge in [-0.15, -0.1) is 11.3 Å². The Hall–Kier alpha value is -1.20. The highest BCUT2D eigenvalue weighted by Crippen LogP contribution is 2.16. The van der Waals surface area contributed by atoms with Crippen molar-refractivity contribution in [3.8, 4) is 0 Å². The zero-order valence-electron chi connectivity index (χ0n) is 7.68. The number of hydrogen-bond donors (Lipinski definition) is 2. The fourth-order valence-electron chi connectivity index (χ4n) is 1.28. The number of rotatable bonds is 4. The molecule has 1 unspecified atom stereocenters. The molecular weight excluding hydrogens is 196 g/mol. The molecule has 0 spiro atoms. The Morgan fingerprint density at radius 2 is 2.50 bits per heavy atom. The summed E-state index contributed by atoms with van der Waals surface area (Å²) in [7, 11) is 0. The van der Waals surface area contributed by atoms with Crippen LogP contribution in [0.4, 0.5) is 0 Å². The van der Waals surface area contributed by atoms with Gasteiger partial charge in [-0.05, 0) is 24.3 Å². The van der Waals surface area contributed by atoms with Crippen LogP contribution < -0.4 is 5.73 Å². The van der Waals surface area contributed by atoms with Gasteiger partial charge in [0.25, 0.3) is 0 Å². The number of nitrogens with one attached hydrogen (secondary N) is 1. The molecule has 2 rings (SSSR count). The SMILES string of the molecule is NC(CCc1cccs1)c1ncn[nH]1. The molecule has 0 saturated heterocycles. The summed E-state index contributed by atoms with van der Waals surface area (Å²) in [6.07, 6.45) is 3.38. The molecular formula is C9H12N4S. The molecule has 0 saturated carbocycles. The Morgan fingerprint density at radius 3 is 3.14 bits per heavy atom. The number of aromatic nitrogens is 3. The zero-order valence-corrected chi connectivity index (χ0v) is 8.50. The molecule has 2 aromatic heterocycles. The van der Waals surface area contributed by atoms with E-state index in [2.05, 4.69) is 32.7 Å². The summed E-state index contributed by atoms with van der Waals surface area (Å²) in [6.45, 7) is 0. The molecule has 1 atom stereocenters. The summed E-state index contributed by atoms with van der Waals surface area (Å²) in [6, 6.07) is 4.14. The third kappa shape index (κ3) is 2.18. The summed E-state index contributed by atoms with van der Waals surface area (Å²) < 4.78 is 0. The molecule has 0 aromatic carbocycles. The molecule has 74 valence electrons. The van der Waals surface area contributed by atoms with Gasteiger partial charge in [0.05, 0.1) is 6.04 Å². The molecule has 0 aliphatic carbocycles. The molecule has 0 aliphatic heterocycles. The van der Waals surface area contributed by atoms with Crippen LogP contribution in [0, 0.1) is 0 Å². The van der Waals surface area contributed by atoms with Crippen LogP contribution in [0.15, 0.2) is 23.8 Å². The van der Waals surface area contributed by atoms with Crippen molar-refractivity contribution in [2.75, 3.05) is 0 Å². The van der Waals surface area contributed by atoms with Crippen molar-refractivity contribution >= 4 is 11.3 Å². The van der Waals surface area contributed by atoms with Gasteiger partial charge in [0.1, 0.15) is 12.2 Å². The van der Waals surface area contributed by atoms with Gasteiger partial charge >= 0.3 is 0 Å². The van der Waals surface area contributed by atoms with Crippen LogP contribution in [0.1, 0.15) is 23.2 Å². The van der Waals surface area contributed by atoms with Gasteiger partial charge < -0.3 is 5.73 Å². The molecule has 0 fully saturated rings. The summed E-state index contributed by atoms with van der Waals surface area (Å²) in [5.74, 6) is 0.765. The van der Waals surface area contributed by atoms with Crippen molar-refractivity contribution in [2.45, 2.75) is 18.9 Å². The van der Waals surface area contributed by atoms with E-state index in [1.165, 1.54) is 11.2 Å². The van der Waals surface area contributed by atoms with E-state index in [1.54, 1.807) is 11.3 Å². The monoisotopic (exact) mass is 208 g/mol. The van der Waals surface area contributed by atoms with Crippen molar-refractivity contribution in [1.29, 1.82) is 0 Å². The Kier molecular flexibility index (Phi) is 2.90. The van der Waals surface area contributed by atoms with E-state index in [-0.39, 0.29) is 6.04 Å². The number of aryl methyl sites for hydroxylation is 1. The average molecular weight is 208 g/mol. The lowest BCUT2D eigenvalue weighted by Crippen LogP contribution is -2.12. The third-order valence-corrected chi connectivity index (χ3v) is 3.00. The number of nitrogens with two attached hydrogens (primary N) is 1. The fourth-order valence-corrected chi connectivity index (χ4v) is 2.01. The van der Waals surface area contributed by atoms with Gasteiger partial charge in [-0.3, -0.25) is 5.10 Å². The topological polar surface area (TPSA) is 67.6 Å². The molecule has 14 heavy (non-hydrogen) atoms. The Morgan fingerprint density at radius 1 is 1.57 bits per heavy atom. The fraction of sp³-hybridized carbons (Fsp3) is 0.333. The van der Waals surface area contributed by atoms with E-state index in [0.717, 1.165) is 18.7 Å². The van der Waals surface area contributed by atoms with Gasteiger partial charge in [0, 0.05) is 4.88 Å². The van der Waals surface area contributed by atoms with Gasteiger partial charge in [0.15, 0.2) is 0 Å². The maximum atomic E-state index is 5.93. The minimum Gasteiger partial charge on any atom is -0.321 e. The maximum Gasteiger partial charge on any atom is 0.141 e. The van der Waals surface area contributed by atoms with E-state index in [4.69, 9.17) is 5.73 Å². The molecule has 0 radical (unpaired) electrons. The standard InChI is InChI=1S/C9H12N4S/c10-8(9-11-6-12-13-9)4-3-7-2-1-5-14-7/h1-2,5-6,8H,3-4,10H2,(H,11,12,13). The largest absolute Gasteiger partial charge is 0.321 e. The lowest BCUT2D eigenvalue weighted by Gasteiger charge is -2.06. The normalized spacial score (nSPS) is 12.9. The summed E-state index contributed by atoms with van der Waals surface area (Å²) in [4.78, 5) is 5.39. The van der Waals surface area contributed by atoms with Crippen molar-refractivity contribution in [3.05, 3.63) is 34.5 Å². The van der Waals surface area contributed by atoms with E-state index in [1.807, 2.05) is 0 Å². The molecule has 2 heterocycles. The quantitative estimate of drug-likeness (QED) is 0.800. The van der Waals surface area contributed by atoms with Crippen LogP contribution >= 0.6 is 11.3 Å². The lowest BCUT2D eigenvalue weighted by molar-refractivity contribution is 0.618. The molecule has 5 heteroatoms. The van der Waals surface area contributed by atoms with Crippen LogP contribution in [0.2, 0.25) is 0 Å². The third-order valence-electron chi connectivity index (χ3n) is 2.07. The Labute approximate surface area is 86.2 Å². The van der Waals surface area contributed by atoms with Crippen molar-refractivity contribution in [1.82, 2.24) is 15.2 Å². The zero-order chi connectivity index (χ0) is 9.80. The first-order valence-corrected chi connectivity index (χ1v) is 5.37. The lowest BCUT2D eigenvalue weighted by atomic mass is 10.1. The van der Waals surface area contributed by atoms with Gasteiger partial charge in [-0.25, -0.2) is 4.98 Å². The molecule has 0 amide bonds. The summed E-state index contributed by atoms with van der Waals surface area (Å²) in [5.41, 5.74) is 5.93. The van der Waals surface area contributed by atoms with Crippen LogP contribution in [-0.2, 0) is 6.42 Å². The maximum absolute atomic E-state index is 5.93. The molecule has 0 aliphatic rings. The van der Waals surface area contributed by atoms with E-state index < -0.39 is 0 Å². The molecule has 4 nitrogen and oxygen atoms in total. The first kappa shape index (κ1) is 9.36. The predicted molar refractivity (Wildman–Crippen MR) is 56.0 cm³/mol. The van der Waals surface area contributed by atoms with Crippen LogP contribution in [0.25, 0.3) is 0 Å². The first-order valence-electron chi connectivity index (χ1n) is 4.49. The van der Waals surface area contributed by atoms with Gasteiger partial charge in [-0.1, -0.05) is 6.07 Å². The van der Waals surface area contributed by atoms with Crippen LogP contribution in [-0.4, -0.2) is 15.2 Å². The summed E-state index contributed by atoms with van der Waals surface area (Å²) >= 11 is 1.76. The van der Waals surface area contributed by atoms with Crippen molar-refractivity contribution in [3.63, 3.8) is 0 Å². The number of hydrogen-bond acceptors (Lipinski definition) is 4. The second-order valence-corrected chi connectivity index (χ2v) is 4.13. The average Bonchev–Trinajstić information content (AvgIpc) is 2.87. The smallest absolute Gasteiger partial charge is 0.141 e. The molecule has 3 N–H and O–H groups in total. The van der Waals surface area contributed by atoms with Gasteiger partial charge in [-0.2, -0.15) is 5.10 Å². The second kappa shape index (κ2) is 4.34. The highest BCUT2D eigenvalue weighted by atomic mass is 32.1. The Bertz CT molecular complexity index is 354. The minimum absolute atomic E-state index is 0.0420. The predicted octanol–water partition coefficient (Wildman–Crippen LogP) is 1.50. The molecule has 2 aromatic rings. The highest BCUT2D eigenvalue weighted by molar-refractivity contribution is 7.09. The summed E-state index contributed by atoms with van der Waals surface area (Å²) in [5, 5.41) is 8.64. The number of aromatic amines is 1. The molecule has 0 bridgehead atoms. The van der Waals surface area contributed by atoms with E-state index in [9.17, 15) is 0 Å². The van der Waals surface area contributed by atoms with Crippen molar-refractivity contribution in [2.24, 2.45) is 5.73 Å². The van der Waals surface area contributed by atoms with Crippen LogP contribution in [0.3, 0.4) is 0 Å². The number of H-pyrrole nitrogens is 1. The highest BCUT2D eigenvalue weighted by Gasteiger charge is 2.08. The van der Waals surface area contributed by atoms with Crippen molar-refractivity contribution < 1.29 is 0 Å². The number of thiophene rings is 1. The van der Waals surface area contributed by atoms with Crippen LogP contribution in [0.5, 0.6) is 0 Å². The number of nitrogens with zero attached hydrogens (tertiary/aromatic N) is 2. The van der Waals surface area contributed by atoms with E-state index >= 15 is 0 Å².